The molecule has 1 heterocycles. The number of anilines is 2. The smallest absolute Gasteiger partial charge is 0.0600 e. The van der Waals surface area contributed by atoms with Gasteiger partial charge in [-0.1, -0.05) is 12.1 Å². The van der Waals surface area contributed by atoms with E-state index in [0.29, 0.717) is 0 Å². The third-order valence-electron chi connectivity index (χ3n) is 1.67. The number of fused-ring (bicyclic) bond motifs is 2. The van der Waals surface area contributed by atoms with E-state index in [1.807, 2.05) is 18.2 Å². The predicted molar refractivity (Wildman–Crippen MR) is 38.2 cm³/mol. The minimum atomic E-state index is 0.897. The lowest BCUT2D eigenvalue weighted by Gasteiger charge is -1.93. The van der Waals surface area contributed by atoms with Crippen LogP contribution in [0, 0.1) is 0 Å². The first-order chi connectivity index (χ1) is 4.38. The van der Waals surface area contributed by atoms with E-state index in [4.69, 9.17) is 5.73 Å². The standard InChI is InChI=1S/C7H8N2/c8-7-5-2-1-3-6(7)9-4-5/h1-3,9H,4,8H2. The highest BCUT2D eigenvalue weighted by Gasteiger charge is 2.09. The summed E-state index contributed by atoms with van der Waals surface area (Å²) in [5, 5.41) is 3.17. The molecule has 3 N–H and O–H groups in total. The van der Waals surface area contributed by atoms with Crippen LogP contribution in [0.25, 0.3) is 0 Å². The molecule has 46 valence electrons. The summed E-state index contributed by atoms with van der Waals surface area (Å²) in [7, 11) is 0. The van der Waals surface area contributed by atoms with Crippen molar-refractivity contribution >= 4 is 11.4 Å². The Morgan fingerprint density at radius 2 is 2.33 bits per heavy atom. The Kier molecular flexibility index (Phi) is 0.730. The molecule has 0 saturated heterocycles. The van der Waals surface area contributed by atoms with Gasteiger partial charge in [-0.15, -0.1) is 0 Å². The zero-order valence-corrected chi connectivity index (χ0v) is 5.02. The van der Waals surface area contributed by atoms with Crippen LogP contribution in [0.2, 0.25) is 0 Å². The highest BCUT2D eigenvalue weighted by Crippen LogP contribution is 2.28. The summed E-state index contributed by atoms with van der Waals surface area (Å²) in [6.07, 6.45) is 0. The Hall–Kier alpha value is -1.18. The van der Waals surface area contributed by atoms with Crippen LogP contribution in [0.3, 0.4) is 0 Å². The molecule has 2 nitrogen and oxygen atoms in total. The highest BCUT2D eigenvalue weighted by atomic mass is 14.9. The molecule has 0 saturated carbocycles. The van der Waals surface area contributed by atoms with Gasteiger partial charge in [-0.05, 0) is 11.6 Å². The molecule has 0 aliphatic carbocycles. The normalized spacial score (nSPS) is 13.3. The van der Waals surface area contributed by atoms with Gasteiger partial charge in [-0.2, -0.15) is 0 Å². The van der Waals surface area contributed by atoms with Crippen molar-refractivity contribution in [2.75, 3.05) is 11.1 Å². The van der Waals surface area contributed by atoms with Gasteiger partial charge in [-0.3, -0.25) is 0 Å². The summed E-state index contributed by atoms with van der Waals surface area (Å²) in [5.74, 6) is 0. The fourth-order valence-electron chi connectivity index (χ4n) is 1.11. The maximum Gasteiger partial charge on any atom is 0.0600 e. The van der Waals surface area contributed by atoms with Gasteiger partial charge in [0.1, 0.15) is 0 Å². The SMILES string of the molecule is Nc1c2cccc1NC2. The number of para-hydroxylation sites is 1. The lowest BCUT2D eigenvalue weighted by molar-refractivity contribution is 1.23. The minimum Gasteiger partial charge on any atom is -0.397 e. The summed E-state index contributed by atoms with van der Waals surface area (Å²) < 4.78 is 0. The van der Waals surface area contributed by atoms with Gasteiger partial charge >= 0.3 is 0 Å². The lowest BCUT2D eigenvalue weighted by Crippen LogP contribution is -1.85. The molecule has 9 heavy (non-hydrogen) atoms. The van der Waals surface area contributed by atoms with Gasteiger partial charge in [-0.25, -0.2) is 0 Å². The van der Waals surface area contributed by atoms with Crippen LogP contribution in [-0.4, -0.2) is 0 Å². The molecule has 0 spiro atoms. The molecular formula is C7H8N2. The Bertz CT molecular complexity index is 220. The Labute approximate surface area is 53.7 Å². The van der Waals surface area contributed by atoms with Crippen LogP contribution < -0.4 is 11.1 Å². The van der Waals surface area contributed by atoms with Gasteiger partial charge in [0.25, 0.3) is 0 Å². The van der Waals surface area contributed by atoms with E-state index < -0.39 is 0 Å². The van der Waals surface area contributed by atoms with E-state index in [-0.39, 0.29) is 0 Å². The lowest BCUT2D eigenvalue weighted by atomic mass is 10.2. The van der Waals surface area contributed by atoms with Crippen molar-refractivity contribution in [3.8, 4) is 0 Å². The van der Waals surface area contributed by atoms with Crippen LogP contribution in [0.4, 0.5) is 11.4 Å². The fourth-order valence-corrected chi connectivity index (χ4v) is 1.11. The molecule has 0 unspecified atom stereocenters. The number of benzene rings is 1. The molecule has 2 rings (SSSR count). The largest absolute Gasteiger partial charge is 0.397 e. The number of nitrogens with one attached hydrogen (secondary N) is 1. The Morgan fingerprint density at radius 3 is 3.00 bits per heavy atom. The average Bonchev–Trinajstić information content (AvgIpc) is 2.19. The van der Waals surface area contributed by atoms with Gasteiger partial charge < -0.3 is 11.1 Å². The third-order valence-corrected chi connectivity index (χ3v) is 1.67. The van der Waals surface area contributed by atoms with Crippen molar-refractivity contribution in [1.82, 2.24) is 0 Å². The van der Waals surface area contributed by atoms with Crippen LogP contribution in [0.5, 0.6) is 0 Å². The highest BCUT2D eigenvalue weighted by molar-refractivity contribution is 5.74. The molecule has 1 aliphatic heterocycles. The van der Waals surface area contributed by atoms with Gasteiger partial charge in [0.2, 0.25) is 0 Å². The predicted octanol–water partition coefficient (Wildman–Crippen LogP) is 1.19. The van der Waals surface area contributed by atoms with E-state index in [0.717, 1.165) is 17.9 Å². The first-order valence-corrected chi connectivity index (χ1v) is 2.99. The first-order valence-electron chi connectivity index (χ1n) is 2.99. The number of nitrogens with two attached hydrogens (primary N) is 1. The van der Waals surface area contributed by atoms with Crippen LogP contribution in [0.15, 0.2) is 18.2 Å². The van der Waals surface area contributed by atoms with E-state index in [1.165, 1.54) is 5.56 Å². The zero-order valence-electron chi connectivity index (χ0n) is 5.02. The zero-order chi connectivity index (χ0) is 6.27. The maximum absolute atomic E-state index is 5.68. The average molecular weight is 120 g/mol. The topological polar surface area (TPSA) is 38.0 Å². The summed E-state index contributed by atoms with van der Waals surface area (Å²) in [6.45, 7) is 0.897. The molecule has 2 bridgehead atoms. The maximum atomic E-state index is 5.68. The first kappa shape index (κ1) is 4.68. The Balaban J connectivity index is 2.71. The number of nitrogen functional groups attached to an aromatic ring is 1. The molecule has 1 aromatic carbocycles. The second-order valence-corrected chi connectivity index (χ2v) is 2.23. The van der Waals surface area contributed by atoms with E-state index in [1.54, 1.807) is 0 Å². The van der Waals surface area contributed by atoms with Crippen molar-refractivity contribution < 1.29 is 0 Å². The molecule has 2 heteroatoms. The summed E-state index contributed by atoms with van der Waals surface area (Å²) >= 11 is 0. The molecule has 0 fully saturated rings. The van der Waals surface area contributed by atoms with Crippen LogP contribution >= 0.6 is 0 Å². The van der Waals surface area contributed by atoms with Crippen molar-refractivity contribution in [1.29, 1.82) is 0 Å². The fraction of sp³-hybridized carbons (Fsp3) is 0.143. The quantitative estimate of drug-likeness (QED) is 0.505. The minimum absolute atomic E-state index is 0.897. The van der Waals surface area contributed by atoms with Crippen LogP contribution in [0.1, 0.15) is 5.56 Å². The molecule has 1 aliphatic rings. The van der Waals surface area contributed by atoms with Crippen molar-refractivity contribution in [3.63, 3.8) is 0 Å². The summed E-state index contributed by atoms with van der Waals surface area (Å²) in [4.78, 5) is 0. The summed E-state index contributed by atoms with van der Waals surface area (Å²) in [6, 6.07) is 6.05. The van der Waals surface area contributed by atoms with Crippen molar-refractivity contribution in [3.05, 3.63) is 23.8 Å². The van der Waals surface area contributed by atoms with Gasteiger partial charge in [0.15, 0.2) is 0 Å². The number of rotatable bonds is 0. The Morgan fingerprint density at radius 1 is 1.44 bits per heavy atom. The molecule has 0 radical (unpaired) electrons. The molecular weight excluding hydrogens is 112 g/mol. The van der Waals surface area contributed by atoms with E-state index in [2.05, 4.69) is 5.32 Å². The monoisotopic (exact) mass is 120 g/mol. The van der Waals surface area contributed by atoms with Crippen LogP contribution in [-0.2, 0) is 6.54 Å². The second kappa shape index (κ2) is 1.41. The van der Waals surface area contributed by atoms with E-state index in [9.17, 15) is 0 Å². The second-order valence-electron chi connectivity index (χ2n) is 2.23. The van der Waals surface area contributed by atoms with E-state index >= 15 is 0 Å². The molecule has 0 aromatic heterocycles. The number of hydrogen-bond acceptors (Lipinski definition) is 2. The summed E-state index contributed by atoms with van der Waals surface area (Å²) in [5.41, 5.74) is 8.89. The van der Waals surface area contributed by atoms with Crippen molar-refractivity contribution in [2.45, 2.75) is 6.54 Å². The third kappa shape index (κ3) is 0.499. The van der Waals surface area contributed by atoms with Crippen molar-refractivity contribution in [2.24, 2.45) is 0 Å². The molecule has 0 atom stereocenters. The molecule has 1 aromatic rings. The van der Waals surface area contributed by atoms with Gasteiger partial charge in [0, 0.05) is 6.54 Å². The molecule has 0 amide bonds. The number of hydrogen-bond donors (Lipinski definition) is 2. The van der Waals surface area contributed by atoms with Gasteiger partial charge in [0.05, 0.1) is 11.4 Å².